The predicted molar refractivity (Wildman–Crippen MR) is 73.7 cm³/mol. The van der Waals surface area contributed by atoms with E-state index in [9.17, 15) is 0 Å². The van der Waals surface area contributed by atoms with Crippen molar-refractivity contribution >= 4 is 0 Å². The zero-order chi connectivity index (χ0) is 12.0. The van der Waals surface area contributed by atoms with Crippen LogP contribution in [-0.2, 0) is 0 Å². The Labute approximate surface area is 106 Å². The minimum atomic E-state index is 0.727. The molecule has 0 spiro atoms. The Kier molecular flexibility index (Phi) is 2.72. The fourth-order valence-electron chi connectivity index (χ4n) is 4.01. The SMILES string of the molecule is C1=CC2CC2C=C1.CC1CCC2C(C1)C2(C)C. The lowest BCUT2D eigenvalue weighted by Crippen LogP contribution is -2.03. The van der Waals surface area contributed by atoms with Gasteiger partial charge in [0.1, 0.15) is 0 Å². The van der Waals surface area contributed by atoms with Crippen LogP contribution in [0.1, 0.15) is 46.5 Å². The molecule has 3 saturated carbocycles. The van der Waals surface area contributed by atoms with Gasteiger partial charge in [-0.2, -0.15) is 0 Å². The smallest absolute Gasteiger partial charge is 0.0161 e. The summed E-state index contributed by atoms with van der Waals surface area (Å²) in [6, 6.07) is 0. The van der Waals surface area contributed by atoms with Gasteiger partial charge in [0, 0.05) is 0 Å². The number of rotatable bonds is 0. The summed E-state index contributed by atoms with van der Waals surface area (Å²) < 4.78 is 0. The van der Waals surface area contributed by atoms with Crippen molar-refractivity contribution in [2.75, 3.05) is 0 Å². The van der Waals surface area contributed by atoms with Gasteiger partial charge in [0.2, 0.25) is 0 Å². The van der Waals surface area contributed by atoms with E-state index in [1.165, 1.54) is 25.7 Å². The number of fused-ring (bicyclic) bond motifs is 2. The summed E-state index contributed by atoms with van der Waals surface area (Å²) in [6.45, 7) is 7.30. The third-order valence-corrected chi connectivity index (χ3v) is 5.63. The Bertz CT molecular complexity index is 331. The molecule has 0 aromatic rings. The molecule has 5 atom stereocenters. The molecule has 0 bridgehead atoms. The van der Waals surface area contributed by atoms with Gasteiger partial charge in [-0.1, -0.05) is 51.5 Å². The Morgan fingerprint density at radius 3 is 2.00 bits per heavy atom. The third-order valence-electron chi connectivity index (χ3n) is 5.63. The lowest BCUT2D eigenvalue weighted by Gasteiger charge is -2.15. The fourth-order valence-corrected chi connectivity index (χ4v) is 4.01. The molecule has 0 N–H and O–H groups in total. The van der Waals surface area contributed by atoms with Gasteiger partial charge in [0.05, 0.1) is 0 Å². The minimum Gasteiger partial charge on any atom is -0.0808 e. The van der Waals surface area contributed by atoms with Gasteiger partial charge < -0.3 is 0 Å². The second-order valence-electron chi connectivity index (χ2n) is 7.29. The van der Waals surface area contributed by atoms with Crippen LogP contribution in [-0.4, -0.2) is 0 Å². The average molecular weight is 230 g/mol. The summed E-state index contributed by atoms with van der Waals surface area (Å²) >= 11 is 0. The highest BCUT2D eigenvalue weighted by molar-refractivity contribution is 5.21. The summed E-state index contributed by atoms with van der Waals surface area (Å²) in [5, 5.41) is 0. The topological polar surface area (TPSA) is 0 Å². The molecule has 0 heteroatoms. The van der Waals surface area contributed by atoms with Gasteiger partial charge in [0.15, 0.2) is 0 Å². The molecule has 4 rings (SSSR count). The Morgan fingerprint density at radius 2 is 1.53 bits per heavy atom. The zero-order valence-corrected chi connectivity index (χ0v) is 11.5. The number of hydrogen-bond donors (Lipinski definition) is 0. The summed E-state index contributed by atoms with van der Waals surface area (Å²) in [7, 11) is 0. The average Bonchev–Trinajstić information content (AvgIpc) is 3.17. The normalized spacial score (nSPS) is 47.4. The van der Waals surface area contributed by atoms with Crippen molar-refractivity contribution in [2.24, 2.45) is 35.0 Å². The van der Waals surface area contributed by atoms with Gasteiger partial charge in [-0.3, -0.25) is 0 Å². The molecule has 0 heterocycles. The molecule has 4 aliphatic rings. The third kappa shape index (κ3) is 2.23. The quantitative estimate of drug-likeness (QED) is 0.559. The minimum absolute atomic E-state index is 0.727. The highest BCUT2D eigenvalue weighted by Gasteiger charge is 2.58. The van der Waals surface area contributed by atoms with Gasteiger partial charge in [-0.05, 0) is 54.3 Å². The monoisotopic (exact) mass is 230 g/mol. The number of hydrogen-bond acceptors (Lipinski definition) is 0. The van der Waals surface area contributed by atoms with Gasteiger partial charge >= 0.3 is 0 Å². The van der Waals surface area contributed by atoms with Crippen LogP contribution in [0.15, 0.2) is 24.3 Å². The molecule has 0 amide bonds. The summed E-state index contributed by atoms with van der Waals surface area (Å²) in [6.07, 6.45) is 14.8. The van der Waals surface area contributed by atoms with E-state index in [-0.39, 0.29) is 0 Å². The summed E-state index contributed by atoms with van der Waals surface area (Å²) in [5.74, 6) is 5.08. The van der Waals surface area contributed by atoms with Gasteiger partial charge in [0.25, 0.3) is 0 Å². The van der Waals surface area contributed by atoms with E-state index in [1.54, 1.807) is 0 Å². The first-order valence-electron chi connectivity index (χ1n) is 7.44. The Hall–Kier alpha value is -0.520. The van der Waals surface area contributed by atoms with Crippen molar-refractivity contribution in [3.8, 4) is 0 Å². The van der Waals surface area contributed by atoms with E-state index < -0.39 is 0 Å². The summed E-state index contributed by atoms with van der Waals surface area (Å²) in [5.41, 5.74) is 0.727. The Morgan fingerprint density at radius 1 is 0.882 bits per heavy atom. The van der Waals surface area contributed by atoms with Crippen molar-refractivity contribution in [1.82, 2.24) is 0 Å². The van der Waals surface area contributed by atoms with Crippen LogP contribution in [0.2, 0.25) is 0 Å². The van der Waals surface area contributed by atoms with Crippen LogP contribution in [0.3, 0.4) is 0 Å². The van der Waals surface area contributed by atoms with E-state index >= 15 is 0 Å². The molecular formula is C17H26. The van der Waals surface area contributed by atoms with E-state index in [1.807, 2.05) is 0 Å². The first-order chi connectivity index (χ1) is 8.09. The van der Waals surface area contributed by atoms with E-state index in [0.29, 0.717) is 0 Å². The Balaban J connectivity index is 0.000000113. The van der Waals surface area contributed by atoms with Crippen molar-refractivity contribution in [3.05, 3.63) is 24.3 Å². The van der Waals surface area contributed by atoms with Crippen LogP contribution in [0, 0.1) is 35.0 Å². The molecule has 0 aromatic heterocycles. The maximum absolute atomic E-state index is 2.44. The van der Waals surface area contributed by atoms with Crippen molar-refractivity contribution in [3.63, 3.8) is 0 Å². The highest BCUT2D eigenvalue weighted by atomic mass is 14.6. The van der Waals surface area contributed by atoms with Crippen LogP contribution in [0.5, 0.6) is 0 Å². The first kappa shape index (κ1) is 11.6. The van der Waals surface area contributed by atoms with Crippen molar-refractivity contribution in [1.29, 1.82) is 0 Å². The molecule has 0 nitrogen and oxygen atoms in total. The molecule has 17 heavy (non-hydrogen) atoms. The van der Waals surface area contributed by atoms with Gasteiger partial charge in [-0.15, -0.1) is 0 Å². The van der Waals surface area contributed by atoms with Crippen LogP contribution in [0.25, 0.3) is 0 Å². The lowest BCUT2D eigenvalue weighted by atomic mass is 9.91. The van der Waals surface area contributed by atoms with E-state index in [0.717, 1.165) is 35.0 Å². The molecule has 3 fully saturated rings. The van der Waals surface area contributed by atoms with Crippen molar-refractivity contribution in [2.45, 2.75) is 46.5 Å². The molecule has 0 aromatic carbocycles. The second-order valence-corrected chi connectivity index (χ2v) is 7.29. The van der Waals surface area contributed by atoms with Gasteiger partial charge in [-0.25, -0.2) is 0 Å². The molecule has 0 saturated heterocycles. The lowest BCUT2D eigenvalue weighted by molar-refractivity contribution is 0.367. The second kappa shape index (κ2) is 4.00. The summed E-state index contributed by atoms with van der Waals surface area (Å²) in [4.78, 5) is 0. The van der Waals surface area contributed by atoms with Crippen molar-refractivity contribution < 1.29 is 0 Å². The largest absolute Gasteiger partial charge is 0.0808 e. The predicted octanol–water partition coefficient (Wildman–Crippen LogP) is 4.83. The van der Waals surface area contributed by atoms with Crippen LogP contribution in [0.4, 0.5) is 0 Å². The van der Waals surface area contributed by atoms with E-state index in [2.05, 4.69) is 45.1 Å². The number of allylic oxidation sites excluding steroid dienone is 4. The molecule has 4 aliphatic carbocycles. The molecule has 0 aliphatic heterocycles. The fraction of sp³-hybridized carbons (Fsp3) is 0.765. The molecule has 5 unspecified atom stereocenters. The molecule has 0 radical (unpaired) electrons. The maximum atomic E-state index is 2.44. The zero-order valence-electron chi connectivity index (χ0n) is 11.5. The first-order valence-corrected chi connectivity index (χ1v) is 7.44. The standard InChI is InChI=1S/C10H18.C7H8/c1-7-4-5-8-9(6-7)10(8,2)3;1-2-4-7-5-6(7)3-1/h7-9H,4-6H2,1-3H3;1-4,6-7H,5H2. The van der Waals surface area contributed by atoms with Crippen LogP contribution < -0.4 is 0 Å². The highest BCUT2D eigenvalue weighted by Crippen LogP contribution is 2.65. The molecule has 94 valence electrons. The maximum Gasteiger partial charge on any atom is -0.0161 e. The van der Waals surface area contributed by atoms with E-state index in [4.69, 9.17) is 0 Å². The van der Waals surface area contributed by atoms with Crippen LogP contribution >= 0.6 is 0 Å². The molecular weight excluding hydrogens is 204 g/mol.